The zero-order valence-electron chi connectivity index (χ0n) is 13.9. The Labute approximate surface area is 141 Å². The highest BCUT2D eigenvalue weighted by Crippen LogP contribution is 2.28. The molecule has 0 aliphatic carbocycles. The number of aryl methyl sites for hydroxylation is 1. The van der Waals surface area contributed by atoms with Crippen LogP contribution in [0.4, 0.5) is 0 Å². The van der Waals surface area contributed by atoms with Gasteiger partial charge in [-0.25, -0.2) is 0 Å². The van der Waals surface area contributed by atoms with Crippen molar-refractivity contribution >= 4 is 17.5 Å². The first kappa shape index (κ1) is 17.5. The number of hydrogen-bond acceptors (Lipinski definition) is 4. The molecule has 1 aromatic carbocycles. The van der Waals surface area contributed by atoms with Gasteiger partial charge in [-0.15, -0.1) is 10.2 Å². The Morgan fingerprint density at radius 3 is 2.52 bits per heavy atom. The summed E-state index contributed by atoms with van der Waals surface area (Å²) in [6.45, 7) is 8.49. The van der Waals surface area contributed by atoms with Gasteiger partial charge in [-0.1, -0.05) is 43.6 Å². The molecule has 0 unspecified atom stereocenters. The average Bonchev–Trinajstić information content (AvgIpc) is 2.89. The molecule has 1 amide bonds. The van der Waals surface area contributed by atoms with Crippen LogP contribution >= 0.6 is 11.6 Å². The molecular weight excluding hydrogens is 314 g/mol. The molecule has 23 heavy (non-hydrogen) atoms. The minimum absolute atomic E-state index is 0.0465. The van der Waals surface area contributed by atoms with Gasteiger partial charge >= 0.3 is 0 Å². The summed E-state index contributed by atoms with van der Waals surface area (Å²) in [4.78, 5) is 14.6. The van der Waals surface area contributed by atoms with Crippen LogP contribution in [0.15, 0.2) is 28.7 Å². The van der Waals surface area contributed by atoms with E-state index in [0.29, 0.717) is 29.3 Å². The summed E-state index contributed by atoms with van der Waals surface area (Å²) in [5, 5.41) is 8.34. The number of hydrogen-bond donors (Lipinski definition) is 0. The van der Waals surface area contributed by atoms with E-state index in [1.807, 2.05) is 36.1 Å². The topological polar surface area (TPSA) is 59.2 Å². The number of nitrogens with zero attached hydrogens (tertiary/aromatic N) is 3. The third kappa shape index (κ3) is 4.55. The molecule has 0 spiro atoms. The third-order valence-corrected chi connectivity index (χ3v) is 3.92. The van der Waals surface area contributed by atoms with Crippen LogP contribution < -0.4 is 0 Å². The molecule has 0 fully saturated rings. The van der Waals surface area contributed by atoms with E-state index in [1.54, 1.807) is 6.92 Å². The van der Waals surface area contributed by atoms with Crippen LogP contribution in [0.3, 0.4) is 0 Å². The van der Waals surface area contributed by atoms with Gasteiger partial charge < -0.3 is 9.32 Å². The van der Waals surface area contributed by atoms with Crippen molar-refractivity contribution in [3.05, 3.63) is 46.6 Å². The number of halogens is 1. The largest absolute Gasteiger partial charge is 0.425 e. The molecule has 124 valence electrons. The Bertz CT molecular complexity index is 669. The van der Waals surface area contributed by atoms with Crippen LogP contribution in [0.5, 0.6) is 0 Å². The molecule has 0 aliphatic heterocycles. The summed E-state index contributed by atoms with van der Waals surface area (Å²) < 4.78 is 5.32. The highest BCUT2D eigenvalue weighted by atomic mass is 35.5. The summed E-state index contributed by atoms with van der Waals surface area (Å²) in [5.41, 5.74) is 0.935. The average molecular weight is 336 g/mol. The predicted octanol–water partition coefficient (Wildman–Crippen LogP) is 3.82. The SMILES string of the molecule is Cc1nnc(CC(=O)N(CC(C)C)[C@@H](C)c2ccccc2Cl)o1. The molecule has 1 heterocycles. The molecule has 0 saturated carbocycles. The molecule has 0 saturated heterocycles. The third-order valence-electron chi connectivity index (χ3n) is 3.58. The molecule has 0 N–H and O–H groups in total. The van der Waals surface area contributed by atoms with Gasteiger partial charge in [0.1, 0.15) is 6.42 Å². The molecule has 0 aliphatic rings. The Hall–Kier alpha value is -1.88. The van der Waals surface area contributed by atoms with Crippen molar-refractivity contribution in [2.75, 3.05) is 6.54 Å². The van der Waals surface area contributed by atoms with Gasteiger partial charge in [-0.2, -0.15) is 0 Å². The molecule has 5 nitrogen and oxygen atoms in total. The van der Waals surface area contributed by atoms with E-state index in [-0.39, 0.29) is 18.4 Å². The summed E-state index contributed by atoms with van der Waals surface area (Å²) in [6, 6.07) is 7.48. The summed E-state index contributed by atoms with van der Waals surface area (Å²) in [6.07, 6.45) is 0.0996. The fraction of sp³-hybridized carbons (Fsp3) is 0.471. The lowest BCUT2D eigenvalue weighted by Crippen LogP contribution is -2.37. The highest BCUT2D eigenvalue weighted by molar-refractivity contribution is 6.31. The minimum Gasteiger partial charge on any atom is -0.425 e. The number of benzene rings is 1. The predicted molar refractivity (Wildman–Crippen MR) is 89.2 cm³/mol. The van der Waals surface area contributed by atoms with Gasteiger partial charge in [-0.3, -0.25) is 4.79 Å². The number of amides is 1. The van der Waals surface area contributed by atoms with Crippen molar-refractivity contribution < 1.29 is 9.21 Å². The minimum atomic E-state index is -0.123. The van der Waals surface area contributed by atoms with Crippen LogP contribution in [-0.2, 0) is 11.2 Å². The maximum atomic E-state index is 12.7. The van der Waals surface area contributed by atoms with Crippen molar-refractivity contribution in [1.29, 1.82) is 0 Å². The lowest BCUT2D eigenvalue weighted by atomic mass is 10.0. The summed E-state index contributed by atoms with van der Waals surface area (Å²) >= 11 is 6.29. The van der Waals surface area contributed by atoms with Crippen molar-refractivity contribution in [3.8, 4) is 0 Å². The zero-order valence-corrected chi connectivity index (χ0v) is 14.7. The zero-order chi connectivity index (χ0) is 17.0. The van der Waals surface area contributed by atoms with Crippen molar-refractivity contribution in [3.63, 3.8) is 0 Å². The monoisotopic (exact) mass is 335 g/mol. The fourth-order valence-corrected chi connectivity index (χ4v) is 2.78. The van der Waals surface area contributed by atoms with Crippen molar-refractivity contribution in [2.24, 2.45) is 5.92 Å². The number of rotatable bonds is 6. The lowest BCUT2D eigenvalue weighted by molar-refractivity contribution is -0.133. The van der Waals surface area contributed by atoms with Crippen molar-refractivity contribution in [2.45, 2.75) is 40.2 Å². The van der Waals surface area contributed by atoms with Crippen molar-refractivity contribution in [1.82, 2.24) is 15.1 Å². The Kier molecular flexibility index (Phi) is 5.77. The van der Waals surface area contributed by atoms with E-state index in [0.717, 1.165) is 5.56 Å². The van der Waals surface area contributed by atoms with E-state index in [4.69, 9.17) is 16.0 Å². The van der Waals surface area contributed by atoms with E-state index >= 15 is 0 Å². The molecule has 6 heteroatoms. The fourth-order valence-electron chi connectivity index (χ4n) is 2.49. The van der Waals surface area contributed by atoms with Gasteiger partial charge in [0.15, 0.2) is 0 Å². The molecule has 0 radical (unpaired) electrons. The highest BCUT2D eigenvalue weighted by Gasteiger charge is 2.25. The second-order valence-corrected chi connectivity index (χ2v) is 6.44. The van der Waals surface area contributed by atoms with Gasteiger partial charge in [0.05, 0.1) is 6.04 Å². The number of aromatic nitrogens is 2. The second kappa shape index (κ2) is 7.59. The van der Waals surface area contributed by atoms with Crippen LogP contribution in [0.2, 0.25) is 5.02 Å². The second-order valence-electron chi connectivity index (χ2n) is 6.03. The van der Waals surface area contributed by atoms with Gasteiger partial charge in [0.2, 0.25) is 17.7 Å². The standard InChI is InChI=1S/C17H22ClN3O2/c1-11(2)10-21(12(3)14-7-5-6-8-15(14)18)17(22)9-16-20-19-13(4)23-16/h5-8,11-12H,9-10H2,1-4H3/t12-/m0/s1. The van der Waals surface area contributed by atoms with Gasteiger partial charge in [0, 0.05) is 18.5 Å². The first-order valence-electron chi connectivity index (χ1n) is 7.71. The normalized spacial score (nSPS) is 12.4. The van der Waals surface area contributed by atoms with Crippen LogP contribution in [0, 0.1) is 12.8 Å². The molecular formula is C17H22ClN3O2. The first-order valence-corrected chi connectivity index (χ1v) is 8.09. The molecule has 2 rings (SSSR count). The van der Waals surface area contributed by atoms with E-state index in [9.17, 15) is 4.79 Å². The summed E-state index contributed by atoms with van der Waals surface area (Å²) in [5.74, 6) is 1.10. The van der Waals surface area contributed by atoms with Gasteiger partial charge in [0.25, 0.3) is 0 Å². The number of carbonyl (C=O) groups is 1. The van der Waals surface area contributed by atoms with E-state index < -0.39 is 0 Å². The van der Waals surface area contributed by atoms with Gasteiger partial charge in [-0.05, 0) is 24.5 Å². The lowest BCUT2D eigenvalue weighted by Gasteiger charge is -2.31. The maximum absolute atomic E-state index is 12.7. The van der Waals surface area contributed by atoms with Crippen LogP contribution in [0.1, 0.15) is 44.2 Å². The Morgan fingerprint density at radius 2 is 1.96 bits per heavy atom. The van der Waals surface area contributed by atoms with E-state index in [1.165, 1.54) is 0 Å². The smallest absolute Gasteiger partial charge is 0.232 e. The Balaban J connectivity index is 2.22. The Morgan fingerprint density at radius 1 is 1.26 bits per heavy atom. The van der Waals surface area contributed by atoms with Crippen LogP contribution in [-0.4, -0.2) is 27.5 Å². The maximum Gasteiger partial charge on any atom is 0.232 e. The summed E-state index contributed by atoms with van der Waals surface area (Å²) in [7, 11) is 0. The number of carbonyl (C=O) groups excluding carboxylic acids is 1. The molecule has 1 atom stereocenters. The van der Waals surface area contributed by atoms with E-state index in [2.05, 4.69) is 24.0 Å². The molecule has 2 aromatic rings. The molecule has 1 aromatic heterocycles. The van der Waals surface area contributed by atoms with Crippen LogP contribution in [0.25, 0.3) is 0 Å². The molecule has 0 bridgehead atoms. The quantitative estimate of drug-likeness (QED) is 0.805. The first-order chi connectivity index (χ1) is 10.9.